The average Bonchev–Trinajstić information content (AvgIpc) is 2.41. The summed E-state index contributed by atoms with van der Waals surface area (Å²) in [4.78, 5) is 2.12. The van der Waals surface area contributed by atoms with E-state index < -0.39 is 15.8 Å². The third-order valence-electron chi connectivity index (χ3n) is 3.46. The second kappa shape index (κ2) is 7.15. The van der Waals surface area contributed by atoms with Gasteiger partial charge in [0.25, 0.3) is 0 Å². The molecule has 4 nitrogen and oxygen atoms in total. The van der Waals surface area contributed by atoms with Gasteiger partial charge in [-0.3, -0.25) is 4.90 Å². The Balaban J connectivity index is 2.77. The second-order valence-corrected chi connectivity index (χ2v) is 6.60. The van der Waals surface area contributed by atoms with E-state index in [0.29, 0.717) is 12.1 Å². The predicted octanol–water partition coefficient (Wildman–Crippen LogP) is 2.14. The van der Waals surface area contributed by atoms with Crippen molar-refractivity contribution in [2.75, 3.05) is 19.6 Å². The van der Waals surface area contributed by atoms with Crippen molar-refractivity contribution in [1.82, 2.24) is 9.62 Å². The van der Waals surface area contributed by atoms with Gasteiger partial charge in [0.1, 0.15) is 5.82 Å². The Morgan fingerprint density at radius 3 is 2.40 bits per heavy atom. The van der Waals surface area contributed by atoms with E-state index in [-0.39, 0.29) is 10.9 Å². The van der Waals surface area contributed by atoms with Gasteiger partial charge in [-0.25, -0.2) is 17.5 Å². The highest BCUT2D eigenvalue weighted by atomic mass is 32.2. The summed E-state index contributed by atoms with van der Waals surface area (Å²) in [6.45, 7) is 9.65. The lowest BCUT2D eigenvalue weighted by molar-refractivity contribution is 0.232. The molecule has 0 aliphatic rings. The quantitative estimate of drug-likeness (QED) is 0.839. The van der Waals surface area contributed by atoms with Gasteiger partial charge < -0.3 is 0 Å². The van der Waals surface area contributed by atoms with Crippen molar-refractivity contribution < 1.29 is 12.8 Å². The molecule has 0 saturated carbocycles. The smallest absolute Gasteiger partial charge is 0.240 e. The Morgan fingerprint density at radius 2 is 1.90 bits per heavy atom. The SMILES string of the molecule is CCN(CC)C(C)CNS(=O)(=O)c1ccc(C)c(F)c1. The number of aryl methyl sites for hydroxylation is 1. The molecule has 0 amide bonds. The Labute approximate surface area is 121 Å². The molecule has 114 valence electrons. The summed E-state index contributed by atoms with van der Waals surface area (Å²) >= 11 is 0. The Morgan fingerprint density at radius 1 is 1.30 bits per heavy atom. The molecule has 1 rings (SSSR count). The average molecular weight is 302 g/mol. The number of nitrogens with one attached hydrogen (secondary N) is 1. The molecule has 6 heteroatoms. The van der Waals surface area contributed by atoms with Crippen LogP contribution in [0.15, 0.2) is 23.1 Å². The zero-order valence-corrected chi connectivity index (χ0v) is 13.3. The summed E-state index contributed by atoms with van der Waals surface area (Å²) in [5, 5.41) is 0. The van der Waals surface area contributed by atoms with E-state index in [9.17, 15) is 12.8 Å². The van der Waals surface area contributed by atoms with E-state index in [4.69, 9.17) is 0 Å². The molecule has 0 aromatic heterocycles. The summed E-state index contributed by atoms with van der Waals surface area (Å²) in [5.74, 6) is -0.510. The highest BCUT2D eigenvalue weighted by molar-refractivity contribution is 7.89. The van der Waals surface area contributed by atoms with E-state index in [0.717, 1.165) is 19.2 Å². The Kier molecular flexibility index (Phi) is 6.10. The van der Waals surface area contributed by atoms with Crippen LogP contribution in [0.1, 0.15) is 26.3 Å². The van der Waals surface area contributed by atoms with Crippen LogP contribution in [0.3, 0.4) is 0 Å². The van der Waals surface area contributed by atoms with Gasteiger partial charge in [0.2, 0.25) is 10.0 Å². The van der Waals surface area contributed by atoms with Crippen LogP contribution >= 0.6 is 0 Å². The van der Waals surface area contributed by atoms with E-state index in [2.05, 4.69) is 9.62 Å². The van der Waals surface area contributed by atoms with Gasteiger partial charge in [-0.2, -0.15) is 0 Å². The largest absolute Gasteiger partial charge is 0.300 e. The highest BCUT2D eigenvalue weighted by Gasteiger charge is 2.18. The molecule has 0 spiro atoms. The first kappa shape index (κ1) is 17.1. The minimum Gasteiger partial charge on any atom is -0.300 e. The van der Waals surface area contributed by atoms with E-state index in [1.54, 1.807) is 6.92 Å². The van der Waals surface area contributed by atoms with Crippen molar-refractivity contribution in [1.29, 1.82) is 0 Å². The van der Waals surface area contributed by atoms with Gasteiger partial charge in [0.05, 0.1) is 4.90 Å². The zero-order valence-electron chi connectivity index (χ0n) is 12.5. The number of rotatable bonds is 7. The van der Waals surface area contributed by atoms with Crippen LogP contribution in [0.5, 0.6) is 0 Å². The van der Waals surface area contributed by atoms with Crippen molar-refractivity contribution in [2.45, 2.75) is 38.6 Å². The maximum atomic E-state index is 13.4. The molecule has 0 aliphatic heterocycles. The fourth-order valence-electron chi connectivity index (χ4n) is 2.03. The third kappa shape index (κ3) is 4.26. The number of hydrogen-bond donors (Lipinski definition) is 1. The Bertz CT molecular complexity index is 542. The lowest BCUT2D eigenvalue weighted by Crippen LogP contribution is -2.41. The number of halogens is 1. The predicted molar refractivity (Wildman–Crippen MR) is 78.7 cm³/mol. The summed E-state index contributed by atoms with van der Waals surface area (Å²) in [6.07, 6.45) is 0. The maximum absolute atomic E-state index is 13.4. The lowest BCUT2D eigenvalue weighted by atomic mass is 10.2. The maximum Gasteiger partial charge on any atom is 0.240 e. The topological polar surface area (TPSA) is 49.4 Å². The molecule has 1 atom stereocenters. The van der Waals surface area contributed by atoms with Crippen LogP contribution in [0.2, 0.25) is 0 Å². The van der Waals surface area contributed by atoms with Crippen molar-refractivity contribution in [3.05, 3.63) is 29.6 Å². The van der Waals surface area contributed by atoms with Gasteiger partial charge in [0.15, 0.2) is 0 Å². The van der Waals surface area contributed by atoms with Crippen molar-refractivity contribution in [3.63, 3.8) is 0 Å². The molecule has 1 aromatic rings. The van der Waals surface area contributed by atoms with Gasteiger partial charge in [-0.05, 0) is 44.6 Å². The van der Waals surface area contributed by atoms with Crippen molar-refractivity contribution in [3.8, 4) is 0 Å². The van der Waals surface area contributed by atoms with Crippen LogP contribution in [0.25, 0.3) is 0 Å². The molecule has 0 bridgehead atoms. The summed E-state index contributed by atoms with van der Waals surface area (Å²) in [5.41, 5.74) is 0.431. The van der Waals surface area contributed by atoms with Crippen molar-refractivity contribution in [2.24, 2.45) is 0 Å². The number of hydrogen-bond acceptors (Lipinski definition) is 3. The molecule has 1 N–H and O–H groups in total. The molecule has 0 aliphatic carbocycles. The zero-order chi connectivity index (χ0) is 15.3. The standard InChI is InChI=1S/C14H23FN2O2S/c1-5-17(6-2)12(4)10-16-20(18,19)13-8-7-11(3)14(15)9-13/h7-9,12,16H,5-6,10H2,1-4H3. The fraction of sp³-hybridized carbons (Fsp3) is 0.571. The van der Waals surface area contributed by atoms with Crippen LogP contribution in [0.4, 0.5) is 4.39 Å². The minimum absolute atomic E-state index is 0.0349. The molecule has 0 saturated heterocycles. The fourth-order valence-corrected chi connectivity index (χ4v) is 3.16. The van der Waals surface area contributed by atoms with Crippen LogP contribution in [-0.4, -0.2) is 39.0 Å². The monoisotopic (exact) mass is 302 g/mol. The first-order valence-corrected chi connectivity index (χ1v) is 8.30. The highest BCUT2D eigenvalue weighted by Crippen LogP contribution is 2.14. The van der Waals surface area contributed by atoms with Gasteiger partial charge in [0, 0.05) is 12.6 Å². The molecular formula is C14H23FN2O2S. The third-order valence-corrected chi connectivity index (χ3v) is 4.88. The van der Waals surface area contributed by atoms with Crippen LogP contribution in [0, 0.1) is 12.7 Å². The van der Waals surface area contributed by atoms with Crippen LogP contribution in [-0.2, 0) is 10.0 Å². The summed E-state index contributed by atoms with van der Waals surface area (Å²) in [7, 11) is -3.66. The molecule has 20 heavy (non-hydrogen) atoms. The number of nitrogens with zero attached hydrogens (tertiary/aromatic N) is 1. The second-order valence-electron chi connectivity index (χ2n) is 4.83. The molecule has 1 aromatic carbocycles. The van der Waals surface area contributed by atoms with Crippen LogP contribution < -0.4 is 4.72 Å². The van der Waals surface area contributed by atoms with Crippen molar-refractivity contribution >= 4 is 10.0 Å². The number of benzene rings is 1. The summed E-state index contributed by atoms with van der Waals surface area (Å²) in [6, 6.07) is 4.04. The van der Waals surface area contributed by atoms with Gasteiger partial charge in [-0.15, -0.1) is 0 Å². The number of sulfonamides is 1. The van der Waals surface area contributed by atoms with Gasteiger partial charge >= 0.3 is 0 Å². The lowest BCUT2D eigenvalue weighted by Gasteiger charge is -2.26. The molecular weight excluding hydrogens is 279 g/mol. The summed E-state index contributed by atoms with van der Waals surface area (Å²) < 4.78 is 40.2. The molecule has 0 fully saturated rings. The van der Waals surface area contributed by atoms with E-state index >= 15 is 0 Å². The van der Waals surface area contributed by atoms with E-state index in [1.165, 1.54) is 12.1 Å². The molecule has 0 heterocycles. The number of likely N-dealkylation sites (N-methyl/N-ethyl adjacent to an activating group) is 1. The first-order chi connectivity index (χ1) is 9.31. The minimum atomic E-state index is -3.66. The Hall–Kier alpha value is -0.980. The van der Waals surface area contributed by atoms with Gasteiger partial charge in [-0.1, -0.05) is 19.9 Å². The first-order valence-electron chi connectivity index (χ1n) is 6.81. The molecule has 0 radical (unpaired) electrons. The van der Waals surface area contributed by atoms with E-state index in [1.807, 2.05) is 20.8 Å². The molecule has 1 unspecified atom stereocenters. The normalized spacial score (nSPS) is 13.7.